The summed E-state index contributed by atoms with van der Waals surface area (Å²) >= 11 is 0. The van der Waals surface area contributed by atoms with E-state index in [-0.39, 0.29) is 12.4 Å². The quantitative estimate of drug-likeness (QED) is 0.365. The number of aliphatic hydroxyl groups excluding tert-OH is 1. The molecule has 0 saturated heterocycles. The van der Waals surface area contributed by atoms with Crippen molar-refractivity contribution in [2.24, 2.45) is 0 Å². The Morgan fingerprint density at radius 3 is 2.40 bits per heavy atom. The normalized spacial score (nSPS) is 8.50. The van der Waals surface area contributed by atoms with Crippen LogP contribution in [0, 0.1) is 0 Å². The molecular weight excluding hydrogens is 132 g/mol. The van der Waals surface area contributed by atoms with Crippen molar-refractivity contribution < 1.29 is 14.6 Å². The maximum Gasteiger partial charge on any atom is 0.333 e. The third-order valence-corrected chi connectivity index (χ3v) is 0.718. The maximum atomic E-state index is 10.6. The molecule has 0 spiro atoms. The van der Waals surface area contributed by atoms with Crippen molar-refractivity contribution in [3.05, 3.63) is 24.5 Å². The Morgan fingerprint density at radius 1 is 1.60 bits per heavy atom. The molecule has 0 aromatic heterocycles. The molecule has 0 rings (SSSR count). The second-order valence-corrected chi connectivity index (χ2v) is 1.92. The van der Waals surface area contributed by atoms with Crippen LogP contribution in [0.2, 0.25) is 0 Å². The van der Waals surface area contributed by atoms with Crippen LogP contribution in [0.1, 0.15) is 6.92 Å². The van der Waals surface area contributed by atoms with Crippen molar-refractivity contribution in [2.45, 2.75) is 6.92 Å². The van der Waals surface area contributed by atoms with Crippen LogP contribution in [0.15, 0.2) is 24.5 Å². The Labute approximate surface area is 59.6 Å². The topological polar surface area (TPSA) is 46.5 Å². The zero-order chi connectivity index (χ0) is 8.15. The molecule has 0 aliphatic rings. The van der Waals surface area contributed by atoms with Gasteiger partial charge in [0.05, 0.1) is 0 Å². The molecule has 0 aromatic carbocycles. The largest absolute Gasteiger partial charge is 0.509 e. The lowest BCUT2D eigenvalue weighted by Crippen LogP contribution is -2.06. The number of carbonyl (C=O) groups is 1. The Hall–Kier alpha value is -1.25. The molecular formula is C7H10O3. The second kappa shape index (κ2) is 3.71. The standard InChI is InChI=1S/C7H10O3/c1-5(2)7(9)10-4-6(3)8/h8H,1,3-4H2,2H3. The average molecular weight is 142 g/mol. The molecule has 0 heterocycles. The lowest BCUT2D eigenvalue weighted by molar-refractivity contribution is -0.138. The number of carbonyl (C=O) groups excluding carboxylic acids is 1. The Balaban J connectivity index is 3.60. The molecule has 56 valence electrons. The van der Waals surface area contributed by atoms with Crippen molar-refractivity contribution in [1.82, 2.24) is 0 Å². The van der Waals surface area contributed by atoms with E-state index in [4.69, 9.17) is 5.11 Å². The van der Waals surface area contributed by atoms with Gasteiger partial charge in [-0.1, -0.05) is 13.2 Å². The van der Waals surface area contributed by atoms with E-state index in [9.17, 15) is 4.79 Å². The number of aliphatic hydroxyl groups is 1. The van der Waals surface area contributed by atoms with E-state index >= 15 is 0 Å². The monoisotopic (exact) mass is 142 g/mol. The maximum absolute atomic E-state index is 10.6. The van der Waals surface area contributed by atoms with Gasteiger partial charge in [-0.3, -0.25) is 0 Å². The fraction of sp³-hybridized carbons (Fsp3) is 0.286. The van der Waals surface area contributed by atoms with E-state index in [2.05, 4.69) is 17.9 Å². The zero-order valence-electron chi connectivity index (χ0n) is 5.89. The summed E-state index contributed by atoms with van der Waals surface area (Å²) < 4.78 is 4.48. The highest BCUT2D eigenvalue weighted by atomic mass is 16.5. The van der Waals surface area contributed by atoms with Crippen LogP contribution in [-0.2, 0) is 9.53 Å². The Bertz CT molecular complexity index is 170. The zero-order valence-corrected chi connectivity index (χ0v) is 5.89. The summed E-state index contributed by atoms with van der Waals surface area (Å²) in [7, 11) is 0. The Morgan fingerprint density at radius 2 is 2.10 bits per heavy atom. The predicted octanol–water partition coefficient (Wildman–Crippen LogP) is 1.18. The van der Waals surface area contributed by atoms with Gasteiger partial charge in [-0.25, -0.2) is 4.79 Å². The molecule has 0 aromatic rings. The van der Waals surface area contributed by atoms with Crippen LogP contribution in [0.5, 0.6) is 0 Å². The average Bonchev–Trinajstić information content (AvgIpc) is 1.82. The highest BCUT2D eigenvalue weighted by Gasteiger charge is 2.01. The molecule has 1 N–H and O–H groups in total. The Kier molecular flexibility index (Phi) is 3.25. The second-order valence-electron chi connectivity index (χ2n) is 1.92. The van der Waals surface area contributed by atoms with Gasteiger partial charge in [0, 0.05) is 5.57 Å². The van der Waals surface area contributed by atoms with E-state index < -0.39 is 5.97 Å². The molecule has 0 atom stereocenters. The van der Waals surface area contributed by atoms with Crippen LogP contribution in [-0.4, -0.2) is 17.7 Å². The SMILES string of the molecule is C=C(O)COC(=O)C(=C)C. The summed E-state index contributed by atoms with van der Waals surface area (Å²) in [6.07, 6.45) is 0. The summed E-state index contributed by atoms with van der Waals surface area (Å²) in [5.41, 5.74) is 0.307. The van der Waals surface area contributed by atoms with Gasteiger partial charge < -0.3 is 9.84 Å². The lowest BCUT2D eigenvalue weighted by atomic mass is 10.4. The molecule has 0 unspecified atom stereocenters. The van der Waals surface area contributed by atoms with Gasteiger partial charge in [0.1, 0.15) is 12.4 Å². The van der Waals surface area contributed by atoms with Gasteiger partial charge in [-0.15, -0.1) is 0 Å². The molecule has 3 nitrogen and oxygen atoms in total. The van der Waals surface area contributed by atoms with E-state index in [0.29, 0.717) is 5.57 Å². The van der Waals surface area contributed by atoms with Gasteiger partial charge in [-0.05, 0) is 6.92 Å². The molecule has 0 aliphatic heterocycles. The fourth-order valence-corrected chi connectivity index (χ4v) is 0.272. The predicted molar refractivity (Wildman–Crippen MR) is 37.5 cm³/mol. The lowest BCUT2D eigenvalue weighted by Gasteiger charge is -2.00. The van der Waals surface area contributed by atoms with E-state index in [1.807, 2.05) is 0 Å². The first-order chi connectivity index (χ1) is 4.54. The van der Waals surface area contributed by atoms with Crippen molar-refractivity contribution >= 4 is 5.97 Å². The van der Waals surface area contributed by atoms with Gasteiger partial charge >= 0.3 is 5.97 Å². The molecule has 0 bridgehead atoms. The molecule has 0 radical (unpaired) electrons. The van der Waals surface area contributed by atoms with Crippen LogP contribution in [0.25, 0.3) is 0 Å². The summed E-state index contributed by atoms with van der Waals surface area (Å²) in [4.78, 5) is 10.6. The van der Waals surface area contributed by atoms with Crippen LogP contribution >= 0.6 is 0 Å². The minimum atomic E-state index is -0.518. The molecule has 0 fully saturated rings. The molecule has 10 heavy (non-hydrogen) atoms. The van der Waals surface area contributed by atoms with Gasteiger partial charge in [0.15, 0.2) is 0 Å². The number of hydrogen-bond acceptors (Lipinski definition) is 3. The molecule has 3 heteroatoms. The van der Waals surface area contributed by atoms with E-state index in [0.717, 1.165) is 0 Å². The molecule has 0 saturated carbocycles. The van der Waals surface area contributed by atoms with E-state index in [1.54, 1.807) is 0 Å². The summed E-state index contributed by atoms with van der Waals surface area (Å²) in [5.74, 6) is -0.690. The van der Waals surface area contributed by atoms with Crippen molar-refractivity contribution in [1.29, 1.82) is 0 Å². The number of hydrogen-bond donors (Lipinski definition) is 1. The minimum Gasteiger partial charge on any atom is -0.509 e. The first kappa shape index (κ1) is 8.75. The first-order valence-corrected chi connectivity index (χ1v) is 2.73. The van der Waals surface area contributed by atoms with Crippen molar-refractivity contribution in [2.75, 3.05) is 6.61 Å². The smallest absolute Gasteiger partial charge is 0.333 e. The summed E-state index contributed by atoms with van der Waals surface area (Å²) in [6, 6.07) is 0. The van der Waals surface area contributed by atoms with E-state index in [1.165, 1.54) is 6.92 Å². The summed E-state index contributed by atoms with van der Waals surface area (Å²) in [5, 5.41) is 8.48. The number of esters is 1. The van der Waals surface area contributed by atoms with Gasteiger partial charge in [0.25, 0.3) is 0 Å². The van der Waals surface area contributed by atoms with Crippen molar-refractivity contribution in [3.63, 3.8) is 0 Å². The highest BCUT2D eigenvalue weighted by Crippen LogP contribution is 1.93. The van der Waals surface area contributed by atoms with Crippen LogP contribution in [0.4, 0.5) is 0 Å². The third-order valence-electron chi connectivity index (χ3n) is 0.718. The highest BCUT2D eigenvalue weighted by molar-refractivity contribution is 5.86. The third kappa shape index (κ3) is 3.72. The van der Waals surface area contributed by atoms with Crippen LogP contribution < -0.4 is 0 Å². The van der Waals surface area contributed by atoms with Crippen LogP contribution in [0.3, 0.4) is 0 Å². The van der Waals surface area contributed by atoms with Gasteiger partial charge in [0.2, 0.25) is 0 Å². The summed E-state index contributed by atoms with van der Waals surface area (Å²) in [6.45, 7) is 7.85. The molecule has 0 aliphatic carbocycles. The number of rotatable bonds is 3. The fourth-order valence-electron chi connectivity index (χ4n) is 0.272. The van der Waals surface area contributed by atoms with Gasteiger partial charge in [-0.2, -0.15) is 0 Å². The minimum absolute atomic E-state index is 0.161. The first-order valence-electron chi connectivity index (χ1n) is 2.73. The van der Waals surface area contributed by atoms with Crippen molar-refractivity contribution in [3.8, 4) is 0 Å². The molecule has 0 amide bonds. The number of ether oxygens (including phenoxy) is 1.